The van der Waals surface area contributed by atoms with E-state index in [9.17, 15) is 0 Å². The van der Waals surface area contributed by atoms with Gasteiger partial charge in [0.15, 0.2) is 5.13 Å². The number of hydrogen-bond acceptors (Lipinski definition) is 4. The highest BCUT2D eigenvalue weighted by atomic mass is 35.5. The molecule has 0 atom stereocenters. The molecule has 0 amide bonds. The average molecular weight is 278 g/mol. The maximum Gasteiger partial charge on any atom is 0.188 e. The summed E-state index contributed by atoms with van der Waals surface area (Å²) in [5.74, 6) is 1.05. The number of nitrogens with zero attached hydrogens (tertiary/aromatic N) is 2. The van der Waals surface area contributed by atoms with Crippen LogP contribution in [0.25, 0.3) is 11.3 Å². The summed E-state index contributed by atoms with van der Waals surface area (Å²) in [6, 6.07) is 7.72. The van der Waals surface area contributed by atoms with Gasteiger partial charge in [0.2, 0.25) is 0 Å². The zero-order valence-electron chi connectivity index (χ0n) is 9.69. The molecule has 0 spiro atoms. The monoisotopic (exact) mass is 277 g/mol. The van der Waals surface area contributed by atoms with Crippen LogP contribution in [0.4, 0.5) is 5.13 Å². The van der Waals surface area contributed by atoms with Gasteiger partial charge in [-0.3, -0.25) is 4.99 Å². The minimum Gasteiger partial charge on any atom is -0.320 e. The van der Waals surface area contributed by atoms with E-state index in [1.54, 1.807) is 11.3 Å². The average Bonchev–Trinajstić information content (AvgIpc) is 3.02. The van der Waals surface area contributed by atoms with Gasteiger partial charge in [0.25, 0.3) is 0 Å². The van der Waals surface area contributed by atoms with Crippen LogP contribution < -0.4 is 5.32 Å². The van der Waals surface area contributed by atoms with E-state index in [1.807, 2.05) is 29.6 Å². The van der Waals surface area contributed by atoms with Crippen molar-refractivity contribution in [2.24, 2.45) is 4.99 Å². The minimum atomic E-state index is 0.743. The lowest BCUT2D eigenvalue weighted by atomic mass is 10.2. The Hall–Kier alpha value is -1.39. The van der Waals surface area contributed by atoms with Gasteiger partial charge >= 0.3 is 0 Å². The van der Waals surface area contributed by atoms with Crippen molar-refractivity contribution in [3.63, 3.8) is 0 Å². The highest BCUT2D eigenvalue weighted by molar-refractivity contribution is 7.14. The van der Waals surface area contributed by atoms with Crippen LogP contribution in [0.15, 0.2) is 34.6 Å². The number of thiazole rings is 1. The van der Waals surface area contributed by atoms with E-state index < -0.39 is 0 Å². The van der Waals surface area contributed by atoms with Crippen molar-refractivity contribution < 1.29 is 0 Å². The van der Waals surface area contributed by atoms with Crippen LogP contribution in [0.3, 0.4) is 0 Å². The number of anilines is 1. The molecule has 18 heavy (non-hydrogen) atoms. The number of amidine groups is 1. The van der Waals surface area contributed by atoms with Crippen LogP contribution in [-0.2, 0) is 0 Å². The summed E-state index contributed by atoms with van der Waals surface area (Å²) in [6.45, 7) is 0.928. The van der Waals surface area contributed by atoms with Gasteiger partial charge in [0.1, 0.15) is 5.84 Å². The predicted molar refractivity (Wildman–Crippen MR) is 77.7 cm³/mol. The first-order chi connectivity index (χ1) is 8.81. The Morgan fingerprint density at radius 1 is 1.22 bits per heavy atom. The van der Waals surface area contributed by atoms with Gasteiger partial charge in [-0.1, -0.05) is 23.7 Å². The van der Waals surface area contributed by atoms with Crippen LogP contribution >= 0.6 is 22.9 Å². The van der Waals surface area contributed by atoms with Gasteiger partial charge in [-0.25, -0.2) is 4.98 Å². The lowest BCUT2D eigenvalue weighted by Crippen LogP contribution is -2.07. The van der Waals surface area contributed by atoms with E-state index in [0.29, 0.717) is 0 Å². The molecule has 1 aliphatic heterocycles. The van der Waals surface area contributed by atoms with Crippen molar-refractivity contribution in [3.05, 3.63) is 34.7 Å². The van der Waals surface area contributed by atoms with Crippen molar-refractivity contribution in [2.45, 2.75) is 12.8 Å². The maximum atomic E-state index is 5.87. The van der Waals surface area contributed by atoms with Gasteiger partial charge < -0.3 is 5.32 Å². The fourth-order valence-corrected chi connectivity index (χ4v) is 2.72. The summed E-state index contributed by atoms with van der Waals surface area (Å²) in [5, 5.41) is 6.96. The van der Waals surface area contributed by atoms with Crippen LogP contribution in [-0.4, -0.2) is 17.4 Å². The molecule has 3 nitrogen and oxygen atoms in total. The number of nitrogens with one attached hydrogen (secondary N) is 1. The normalized spacial score (nSPS) is 14.6. The number of benzene rings is 1. The molecule has 0 unspecified atom stereocenters. The first-order valence-corrected chi connectivity index (χ1v) is 7.09. The van der Waals surface area contributed by atoms with Crippen LogP contribution in [0.5, 0.6) is 0 Å². The molecule has 92 valence electrons. The highest BCUT2D eigenvalue weighted by Crippen LogP contribution is 2.26. The van der Waals surface area contributed by atoms with E-state index in [2.05, 4.69) is 15.3 Å². The Morgan fingerprint density at radius 2 is 2.06 bits per heavy atom. The molecule has 0 fully saturated rings. The van der Waals surface area contributed by atoms with Gasteiger partial charge in [-0.2, -0.15) is 0 Å². The number of aliphatic imine (C=N–C) groups is 1. The predicted octanol–water partition coefficient (Wildman–Crippen LogP) is 4.07. The third kappa shape index (κ3) is 2.54. The first kappa shape index (κ1) is 11.7. The van der Waals surface area contributed by atoms with Crippen LogP contribution in [0.2, 0.25) is 5.02 Å². The van der Waals surface area contributed by atoms with Crippen LogP contribution in [0.1, 0.15) is 12.8 Å². The quantitative estimate of drug-likeness (QED) is 0.898. The summed E-state index contributed by atoms with van der Waals surface area (Å²) in [4.78, 5) is 8.94. The van der Waals surface area contributed by atoms with Gasteiger partial charge in [-0.05, 0) is 18.6 Å². The Morgan fingerprint density at radius 3 is 2.78 bits per heavy atom. The van der Waals surface area contributed by atoms with Gasteiger partial charge in [-0.15, -0.1) is 11.3 Å². The third-order valence-corrected chi connectivity index (χ3v) is 3.78. The Kier molecular flexibility index (Phi) is 3.30. The van der Waals surface area contributed by atoms with E-state index in [0.717, 1.165) is 46.6 Å². The molecule has 0 bridgehead atoms. The molecular weight excluding hydrogens is 266 g/mol. The molecule has 1 aromatic heterocycles. The SMILES string of the molecule is Clc1ccc(-c2csc(NC3=NCCC3)n2)cc1. The van der Waals surface area contributed by atoms with E-state index in [-0.39, 0.29) is 0 Å². The Bertz CT molecular complexity index is 574. The summed E-state index contributed by atoms with van der Waals surface area (Å²) < 4.78 is 0. The lowest BCUT2D eigenvalue weighted by molar-refractivity contribution is 0.951. The third-order valence-electron chi connectivity index (χ3n) is 2.77. The van der Waals surface area contributed by atoms with Crippen molar-refractivity contribution in [1.29, 1.82) is 0 Å². The number of rotatable bonds is 2. The molecule has 2 heterocycles. The summed E-state index contributed by atoms with van der Waals surface area (Å²) >= 11 is 7.47. The lowest BCUT2D eigenvalue weighted by Gasteiger charge is -2.00. The largest absolute Gasteiger partial charge is 0.320 e. The van der Waals surface area contributed by atoms with Crippen molar-refractivity contribution in [1.82, 2.24) is 4.98 Å². The Labute approximate surface area is 115 Å². The number of halogens is 1. The molecule has 0 radical (unpaired) electrons. The molecule has 5 heteroatoms. The summed E-state index contributed by atoms with van der Waals surface area (Å²) in [7, 11) is 0. The standard InChI is InChI=1S/C13H12ClN3S/c14-10-5-3-9(4-6-10)11-8-18-13(16-11)17-12-2-1-7-15-12/h3-6,8H,1-2,7H2,(H,15,16,17). The Balaban J connectivity index is 1.78. The number of aromatic nitrogens is 1. The van der Waals surface area contributed by atoms with E-state index in [1.165, 1.54) is 0 Å². The second-order valence-electron chi connectivity index (χ2n) is 4.10. The van der Waals surface area contributed by atoms with Gasteiger partial charge in [0.05, 0.1) is 5.69 Å². The van der Waals surface area contributed by atoms with Gasteiger partial charge in [0, 0.05) is 28.9 Å². The smallest absolute Gasteiger partial charge is 0.188 e. The van der Waals surface area contributed by atoms with E-state index in [4.69, 9.17) is 11.6 Å². The van der Waals surface area contributed by atoms with Crippen molar-refractivity contribution in [2.75, 3.05) is 11.9 Å². The second kappa shape index (κ2) is 5.08. The molecular formula is C13H12ClN3S. The zero-order chi connectivity index (χ0) is 12.4. The molecule has 3 rings (SSSR count). The van der Waals surface area contributed by atoms with E-state index >= 15 is 0 Å². The maximum absolute atomic E-state index is 5.87. The number of hydrogen-bond donors (Lipinski definition) is 1. The molecule has 1 N–H and O–H groups in total. The topological polar surface area (TPSA) is 37.3 Å². The molecule has 0 saturated carbocycles. The fourth-order valence-electron chi connectivity index (χ4n) is 1.85. The summed E-state index contributed by atoms with van der Waals surface area (Å²) in [6.07, 6.45) is 2.16. The second-order valence-corrected chi connectivity index (χ2v) is 5.40. The van der Waals surface area contributed by atoms with Crippen molar-refractivity contribution >= 4 is 33.9 Å². The summed E-state index contributed by atoms with van der Waals surface area (Å²) in [5.41, 5.74) is 2.05. The molecule has 1 aliphatic rings. The molecule has 0 saturated heterocycles. The van der Waals surface area contributed by atoms with Crippen molar-refractivity contribution in [3.8, 4) is 11.3 Å². The molecule has 0 aliphatic carbocycles. The van der Waals surface area contributed by atoms with Crippen LogP contribution in [0, 0.1) is 0 Å². The zero-order valence-corrected chi connectivity index (χ0v) is 11.3. The minimum absolute atomic E-state index is 0.743. The fraction of sp³-hybridized carbons (Fsp3) is 0.231. The molecule has 2 aromatic rings. The molecule has 1 aromatic carbocycles. The highest BCUT2D eigenvalue weighted by Gasteiger charge is 2.09. The first-order valence-electron chi connectivity index (χ1n) is 5.83.